The van der Waals surface area contributed by atoms with Gasteiger partial charge in [0.1, 0.15) is 29.4 Å². The van der Waals surface area contributed by atoms with Crippen LogP contribution in [0, 0.1) is 11.8 Å². The Kier molecular flexibility index (Phi) is 7.84. The Morgan fingerprint density at radius 2 is 1.73 bits per heavy atom. The maximum atomic E-state index is 13.9. The van der Waals surface area contributed by atoms with Gasteiger partial charge in [0, 0.05) is 24.2 Å². The number of aliphatic hydroxyl groups excluding tert-OH is 2. The maximum absolute atomic E-state index is 13.9. The van der Waals surface area contributed by atoms with Gasteiger partial charge in [0.15, 0.2) is 11.4 Å². The summed E-state index contributed by atoms with van der Waals surface area (Å²) in [4.78, 5) is 58.2. The van der Waals surface area contributed by atoms with Crippen LogP contribution in [0.4, 0.5) is 5.69 Å². The molecule has 0 saturated heterocycles. The number of carbonyl (C=O) groups excluding carboxylic acids is 4. The average Bonchev–Trinajstić information content (AvgIpc) is 2.95. The number of aromatic hydroxyl groups is 1. The van der Waals surface area contributed by atoms with Gasteiger partial charge in [0.25, 0.3) is 5.91 Å². The summed E-state index contributed by atoms with van der Waals surface area (Å²) < 4.78 is 0. The molecule has 0 spiro atoms. The van der Waals surface area contributed by atoms with E-state index in [1.165, 1.54) is 23.1 Å². The first kappa shape index (κ1) is 30.9. The number of likely N-dealkylation sites (N-methyl/N-ethyl adjacent to an activating group) is 2. The number of carbonyl (C=O) groups is 4. The zero-order valence-electron chi connectivity index (χ0n) is 24.6. The predicted molar refractivity (Wildman–Crippen MR) is 157 cm³/mol. The first-order chi connectivity index (χ1) is 20.7. The molecule has 232 valence electrons. The number of nitrogens with one attached hydrogen (secondary N) is 1. The molecule has 7 N–H and O–H groups in total. The number of allylic oxidation sites excluding steroid dienone is 1. The Bertz CT molecular complexity index is 1650. The molecule has 0 radical (unpaired) electrons. The van der Waals surface area contributed by atoms with E-state index < -0.39 is 58.0 Å². The summed E-state index contributed by atoms with van der Waals surface area (Å²) in [5.74, 6) is -7.31. The summed E-state index contributed by atoms with van der Waals surface area (Å²) in [6, 6.07) is 8.84. The topological polar surface area (TPSA) is 203 Å². The standard InChI is InChI=1S/C31H34N4O9/c1-34(2)25-19-12-15-11-18-17(14-5-7-16(8-6-14)33-21(37)13-35(3)44-4)9-10-20(36)23(18)26(38)22(15)28(40)31(19,43)29(41)24(27(25)39)30(32)42/h5-10,15,19,25,36,39-40,43H,11-13H2,1-4H3,(H2,32,42)(H,33,37)/t15-,19?,25-,31-/m1/s1. The third-order valence-corrected chi connectivity index (χ3v) is 8.76. The van der Waals surface area contributed by atoms with E-state index >= 15 is 0 Å². The molecule has 2 amide bonds. The number of Topliss-reactive ketones (excluding diaryl/α,β-unsaturated/α-hetero) is 2. The van der Waals surface area contributed by atoms with Gasteiger partial charge in [-0.2, -0.15) is 5.06 Å². The molecule has 0 heterocycles. The average molecular weight is 607 g/mol. The van der Waals surface area contributed by atoms with E-state index in [-0.39, 0.29) is 42.2 Å². The fourth-order valence-corrected chi connectivity index (χ4v) is 6.72. The first-order valence-electron chi connectivity index (χ1n) is 13.9. The van der Waals surface area contributed by atoms with E-state index in [0.717, 1.165) is 0 Å². The molecule has 44 heavy (non-hydrogen) atoms. The van der Waals surface area contributed by atoms with E-state index in [1.54, 1.807) is 51.5 Å². The van der Waals surface area contributed by atoms with E-state index in [9.17, 15) is 39.6 Å². The van der Waals surface area contributed by atoms with Gasteiger partial charge in [-0.1, -0.05) is 18.2 Å². The van der Waals surface area contributed by atoms with Crippen molar-refractivity contribution in [2.24, 2.45) is 17.6 Å². The molecular formula is C31H34N4O9. The number of nitrogens with two attached hydrogens (primary N) is 1. The molecule has 13 nitrogen and oxygen atoms in total. The Balaban J connectivity index is 1.56. The molecule has 0 bridgehead atoms. The first-order valence-corrected chi connectivity index (χ1v) is 13.9. The molecule has 5 rings (SSSR count). The summed E-state index contributed by atoms with van der Waals surface area (Å²) in [6.45, 7) is 0.0176. The number of nitrogens with zero attached hydrogens (tertiary/aromatic N) is 2. The number of primary amides is 1. The van der Waals surface area contributed by atoms with Crippen molar-refractivity contribution in [3.63, 3.8) is 0 Å². The smallest absolute Gasteiger partial charge is 0.255 e. The highest BCUT2D eigenvalue weighted by Crippen LogP contribution is 2.53. The van der Waals surface area contributed by atoms with Gasteiger partial charge in [-0.15, -0.1) is 0 Å². The van der Waals surface area contributed by atoms with Crippen molar-refractivity contribution in [2.45, 2.75) is 24.5 Å². The van der Waals surface area contributed by atoms with Gasteiger partial charge >= 0.3 is 0 Å². The minimum atomic E-state index is -2.70. The van der Waals surface area contributed by atoms with E-state index in [2.05, 4.69) is 5.32 Å². The highest BCUT2D eigenvalue weighted by atomic mass is 16.7. The summed E-state index contributed by atoms with van der Waals surface area (Å²) >= 11 is 0. The van der Waals surface area contributed by atoms with Crippen molar-refractivity contribution in [3.8, 4) is 16.9 Å². The number of hydrogen-bond donors (Lipinski definition) is 6. The highest BCUT2D eigenvalue weighted by molar-refractivity contribution is 6.25. The molecule has 2 aromatic carbocycles. The van der Waals surface area contributed by atoms with Gasteiger partial charge in [0.05, 0.1) is 18.7 Å². The lowest BCUT2D eigenvalue weighted by molar-refractivity contribution is -0.148. The molecular weight excluding hydrogens is 572 g/mol. The lowest BCUT2D eigenvalue weighted by atomic mass is 9.58. The number of rotatable bonds is 7. The van der Waals surface area contributed by atoms with Crippen LogP contribution in [-0.4, -0.2) is 100 Å². The molecule has 2 aromatic rings. The normalized spacial score (nSPS) is 24.8. The molecule has 0 saturated carbocycles. The Labute approximate surface area is 252 Å². The lowest BCUT2D eigenvalue weighted by Gasteiger charge is -2.50. The molecule has 4 atom stereocenters. The number of amides is 2. The summed E-state index contributed by atoms with van der Waals surface area (Å²) in [6.07, 6.45) is 0.141. The minimum Gasteiger partial charge on any atom is -0.510 e. The number of hydroxylamine groups is 2. The van der Waals surface area contributed by atoms with Gasteiger partial charge in [0.2, 0.25) is 11.7 Å². The molecule has 13 heteroatoms. The number of anilines is 1. The monoisotopic (exact) mass is 606 g/mol. The minimum absolute atomic E-state index is 0.0122. The van der Waals surface area contributed by atoms with E-state index in [1.807, 2.05) is 0 Å². The lowest BCUT2D eigenvalue weighted by Crippen LogP contribution is -2.63. The van der Waals surface area contributed by atoms with Crippen LogP contribution in [0.5, 0.6) is 5.75 Å². The van der Waals surface area contributed by atoms with E-state index in [0.29, 0.717) is 22.4 Å². The number of phenols is 1. The Hall–Kier alpha value is -4.56. The van der Waals surface area contributed by atoms with Crippen LogP contribution < -0.4 is 11.1 Å². The zero-order valence-corrected chi connectivity index (χ0v) is 24.6. The van der Waals surface area contributed by atoms with Gasteiger partial charge < -0.3 is 36.3 Å². The van der Waals surface area contributed by atoms with Gasteiger partial charge in [-0.25, -0.2) is 0 Å². The largest absolute Gasteiger partial charge is 0.510 e. The second-order valence-electron chi connectivity index (χ2n) is 11.5. The van der Waals surface area contributed by atoms with Crippen LogP contribution >= 0.6 is 0 Å². The Morgan fingerprint density at radius 1 is 1.07 bits per heavy atom. The zero-order chi connectivity index (χ0) is 32.2. The predicted octanol–water partition coefficient (Wildman–Crippen LogP) is 1.22. The molecule has 0 fully saturated rings. The second-order valence-corrected chi connectivity index (χ2v) is 11.5. The summed E-state index contributed by atoms with van der Waals surface area (Å²) in [5, 5.41) is 49.1. The number of ketones is 2. The number of phenolic OH excluding ortho intramolecular Hbond substituents is 1. The van der Waals surface area contributed by atoms with Crippen LogP contribution in [-0.2, 0) is 25.6 Å². The third-order valence-electron chi connectivity index (χ3n) is 8.76. The molecule has 3 aliphatic carbocycles. The van der Waals surface area contributed by atoms with Crippen LogP contribution in [0.15, 0.2) is 59.1 Å². The second kappa shape index (κ2) is 11.2. The maximum Gasteiger partial charge on any atom is 0.255 e. The van der Waals surface area contributed by atoms with Crippen LogP contribution in [0.25, 0.3) is 11.1 Å². The van der Waals surface area contributed by atoms with Crippen molar-refractivity contribution in [3.05, 3.63) is 70.2 Å². The van der Waals surface area contributed by atoms with Gasteiger partial charge in [-0.05, 0) is 67.7 Å². The van der Waals surface area contributed by atoms with Crippen molar-refractivity contribution in [2.75, 3.05) is 40.1 Å². The SMILES string of the molecule is CON(C)CC(=O)Nc1ccc(-c2ccc(O)c3c2C[C@@H]2CC4[C@@H](N(C)C)C(O)=C(C(N)=O)C(=O)[C@]4(O)C(O)=C2C3=O)cc1. The van der Waals surface area contributed by atoms with Crippen LogP contribution in [0.3, 0.4) is 0 Å². The number of hydrogen-bond acceptors (Lipinski definition) is 11. The summed E-state index contributed by atoms with van der Waals surface area (Å²) in [5.41, 5.74) is 3.88. The molecule has 3 aliphatic rings. The van der Waals surface area contributed by atoms with Crippen molar-refractivity contribution in [1.29, 1.82) is 0 Å². The molecule has 1 unspecified atom stereocenters. The van der Waals surface area contributed by atoms with Crippen LogP contribution in [0.1, 0.15) is 22.3 Å². The summed E-state index contributed by atoms with van der Waals surface area (Å²) in [7, 11) is 6.22. The molecule has 0 aliphatic heterocycles. The van der Waals surface area contributed by atoms with Crippen molar-refractivity contribution < 1.29 is 44.4 Å². The Morgan fingerprint density at radius 3 is 2.32 bits per heavy atom. The fourth-order valence-electron chi connectivity index (χ4n) is 6.72. The molecule has 0 aromatic heterocycles. The van der Waals surface area contributed by atoms with E-state index in [4.69, 9.17) is 10.6 Å². The fraction of sp³-hybridized carbons (Fsp3) is 0.355. The number of benzene rings is 2. The van der Waals surface area contributed by atoms with Crippen molar-refractivity contribution in [1.82, 2.24) is 9.96 Å². The number of aliphatic hydroxyl groups is 3. The van der Waals surface area contributed by atoms with Crippen molar-refractivity contribution >= 4 is 29.1 Å². The third kappa shape index (κ3) is 4.74. The number of fused-ring (bicyclic) bond motifs is 3. The quantitative estimate of drug-likeness (QED) is 0.195. The highest BCUT2D eigenvalue weighted by Gasteiger charge is 2.63. The van der Waals surface area contributed by atoms with Gasteiger partial charge in [-0.3, -0.25) is 24.1 Å². The van der Waals surface area contributed by atoms with Crippen LogP contribution in [0.2, 0.25) is 0 Å².